The first kappa shape index (κ1) is 12.6. The molecule has 0 spiro atoms. The number of hydrogen-bond donors (Lipinski definition) is 1. The van der Waals surface area contributed by atoms with Gasteiger partial charge < -0.3 is 9.84 Å². The van der Waals surface area contributed by atoms with Crippen LogP contribution in [0, 0.1) is 6.92 Å². The summed E-state index contributed by atoms with van der Waals surface area (Å²) in [7, 11) is 0. The third kappa shape index (κ3) is 2.65. The van der Waals surface area contributed by atoms with Crippen molar-refractivity contribution < 1.29 is 4.52 Å². The molecule has 1 aromatic heterocycles. The molecule has 3 rings (SSSR count). The summed E-state index contributed by atoms with van der Waals surface area (Å²) in [6, 6.07) is 5.95. The van der Waals surface area contributed by atoms with Crippen LogP contribution in [-0.4, -0.2) is 16.7 Å². The Labute approximate surface area is 117 Å². The maximum Gasteiger partial charge on any atom is 0.257 e. The van der Waals surface area contributed by atoms with Crippen LogP contribution in [0.2, 0.25) is 5.02 Å². The lowest BCUT2D eigenvalue weighted by atomic mass is 10.0. The molecule has 1 unspecified atom stereocenters. The smallest absolute Gasteiger partial charge is 0.257 e. The molecule has 19 heavy (non-hydrogen) atoms. The summed E-state index contributed by atoms with van der Waals surface area (Å²) in [6.45, 7) is 2.99. The molecule has 1 aromatic carbocycles. The molecular formula is C14H16ClN3O. The largest absolute Gasteiger partial charge is 0.334 e. The number of aryl methyl sites for hydroxylation is 1. The Bertz CT molecular complexity index is 576. The monoisotopic (exact) mass is 277 g/mol. The molecule has 0 amide bonds. The molecule has 1 atom stereocenters. The molecule has 0 aliphatic carbocycles. The summed E-state index contributed by atoms with van der Waals surface area (Å²) in [4.78, 5) is 4.49. The number of benzene rings is 1. The molecule has 4 nitrogen and oxygen atoms in total. The SMILES string of the molecule is Cc1cc(-c2nc(C3CCCCN3)no2)ccc1Cl. The second kappa shape index (κ2) is 5.31. The molecule has 5 heteroatoms. The highest BCUT2D eigenvalue weighted by molar-refractivity contribution is 6.31. The zero-order valence-electron chi connectivity index (χ0n) is 10.8. The van der Waals surface area contributed by atoms with Crippen LogP contribution in [0.3, 0.4) is 0 Å². The summed E-state index contributed by atoms with van der Waals surface area (Å²) in [5.41, 5.74) is 1.92. The average molecular weight is 278 g/mol. The number of nitrogens with one attached hydrogen (secondary N) is 1. The second-order valence-electron chi connectivity index (χ2n) is 4.92. The first-order chi connectivity index (χ1) is 9.24. The fourth-order valence-corrected chi connectivity index (χ4v) is 2.46. The first-order valence-corrected chi connectivity index (χ1v) is 6.95. The maximum absolute atomic E-state index is 6.02. The van der Waals surface area contributed by atoms with E-state index in [9.17, 15) is 0 Å². The fourth-order valence-electron chi connectivity index (χ4n) is 2.34. The lowest BCUT2D eigenvalue weighted by Gasteiger charge is -2.19. The zero-order valence-corrected chi connectivity index (χ0v) is 11.6. The second-order valence-corrected chi connectivity index (χ2v) is 5.33. The van der Waals surface area contributed by atoms with E-state index in [1.165, 1.54) is 12.8 Å². The van der Waals surface area contributed by atoms with Crippen molar-refractivity contribution in [2.24, 2.45) is 0 Å². The van der Waals surface area contributed by atoms with E-state index >= 15 is 0 Å². The van der Waals surface area contributed by atoms with Crippen molar-refractivity contribution in [2.75, 3.05) is 6.54 Å². The van der Waals surface area contributed by atoms with Crippen molar-refractivity contribution in [1.82, 2.24) is 15.5 Å². The van der Waals surface area contributed by atoms with Gasteiger partial charge in [0.05, 0.1) is 6.04 Å². The van der Waals surface area contributed by atoms with Gasteiger partial charge in [-0.2, -0.15) is 4.98 Å². The molecule has 100 valence electrons. The van der Waals surface area contributed by atoms with Gasteiger partial charge >= 0.3 is 0 Å². The molecule has 1 fully saturated rings. The Kier molecular flexibility index (Phi) is 3.53. The van der Waals surface area contributed by atoms with Crippen molar-refractivity contribution in [3.05, 3.63) is 34.6 Å². The Hall–Kier alpha value is -1.39. The molecule has 2 heterocycles. The summed E-state index contributed by atoms with van der Waals surface area (Å²) in [5, 5.41) is 8.25. The molecule has 1 aliphatic rings. The minimum atomic E-state index is 0.222. The normalized spacial score (nSPS) is 19.6. The highest BCUT2D eigenvalue weighted by Crippen LogP contribution is 2.26. The van der Waals surface area contributed by atoms with Crippen LogP contribution in [0.5, 0.6) is 0 Å². The minimum absolute atomic E-state index is 0.222. The number of nitrogens with zero attached hydrogens (tertiary/aromatic N) is 2. The summed E-state index contributed by atoms with van der Waals surface area (Å²) < 4.78 is 5.35. The summed E-state index contributed by atoms with van der Waals surface area (Å²) >= 11 is 6.02. The molecule has 1 saturated heterocycles. The van der Waals surface area contributed by atoms with E-state index in [4.69, 9.17) is 16.1 Å². The van der Waals surface area contributed by atoms with Gasteiger partial charge in [-0.05, 0) is 50.1 Å². The van der Waals surface area contributed by atoms with Crippen LogP contribution in [0.4, 0.5) is 0 Å². The van der Waals surface area contributed by atoms with Crippen LogP contribution in [0.1, 0.15) is 36.7 Å². The van der Waals surface area contributed by atoms with Gasteiger partial charge in [-0.3, -0.25) is 0 Å². The van der Waals surface area contributed by atoms with Crippen molar-refractivity contribution in [2.45, 2.75) is 32.2 Å². The van der Waals surface area contributed by atoms with Gasteiger partial charge in [0.15, 0.2) is 5.82 Å². The van der Waals surface area contributed by atoms with Crippen molar-refractivity contribution in [1.29, 1.82) is 0 Å². The van der Waals surface area contributed by atoms with Gasteiger partial charge in [0.1, 0.15) is 0 Å². The molecular weight excluding hydrogens is 262 g/mol. The van der Waals surface area contributed by atoms with E-state index in [2.05, 4.69) is 15.5 Å². The predicted octanol–water partition coefficient (Wildman–Crippen LogP) is 3.51. The number of piperidine rings is 1. The van der Waals surface area contributed by atoms with Crippen molar-refractivity contribution >= 4 is 11.6 Å². The van der Waals surface area contributed by atoms with Crippen molar-refractivity contribution in [3.63, 3.8) is 0 Å². The van der Waals surface area contributed by atoms with Crippen LogP contribution in [-0.2, 0) is 0 Å². The Morgan fingerprint density at radius 2 is 2.26 bits per heavy atom. The standard InChI is InChI=1S/C14H16ClN3O/c1-9-8-10(5-6-11(9)15)14-17-13(18-19-14)12-4-2-3-7-16-12/h5-6,8,12,16H,2-4,7H2,1H3. The van der Waals surface area contributed by atoms with E-state index in [0.29, 0.717) is 5.89 Å². The third-order valence-corrected chi connectivity index (χ3v) is 3.89. The molecule has 1 aliphatic heterocycles. The topological polar surface area (TPSA) is 51.0 Å². The van der Waals surface area contributed by atoms with E-state index in [1.807, 2.05) is 25.1 Å². The molecule has 1 N–H and O–H groups in total. The van der Waals surface area contributed by atoms with E-state index in [0.717, 1.165) is 34.9 Å². The number of halogens is 1. The molecule has 0 bridgehead atoms. The van der Waals surface area contributed by atoms with Gasteiger partial charge in [0.25, 0.3) is 5.89 Å². The van der Waals surface area contributed by atoms with E-state index < -0.39 is 0 Å². The lowest BCUT2D eigenvalue weighted by molar-refractivity contribution is 0.367. The minimum Gasteiger partial charge on any atom is -0.334 e. The lowest BCUT2D eigenvalue weighted by Crippen LogP contribution is -2.27. The quantitative estimate of drug-likeness (QED) is 0.913. The fraction of sp³-hybridized carbons (Fsp3) is 0.429. The summed E-state index contributed by atoms with van der Waals surface area (Å²) in [6.07, 6.45) is 3.50. The van der Waals surface area contributed by atoms with Gasteiger partial charge in [-0.15, -0.1) is 0 Å². The molecule has 0 radical (unpaired) electrons. The van der Waals surface area contributed by atoms with E-state index in [1.54, 1.807) is 0 Å². The van der Waals surface area contributed by atoms with Crippen LogP contribution in [0.15, 0.2) is 22.7 Å². The van der Waals surface area contributed by atoms with Gasteiger partial charge in [-0.25, -0.2) is 0 Å². The predicted molar refractivity (Wildman–Crippen MR) is 74.1 cm³/mol. The highest BCUT2D eigenvalue weighted by atomic mass is 35.5. The van der Waals surface area contributed by atoms with Gasteiger partial charge in [0.2, 0.25) is 0 Å². The number of aromatic nitrogens is 2. The van der Waals surface area contributed by atoms with E-state index in [-0.39, 0.29) is 6.04 Å². The average Bonchev–Trinajstić information content (AvgIpc) is 2.93. The van der Waals surface area contributed by atoms with Gasteiger partial charge in [0, 0.05) is 10.6 Å². The van der Waals surface area contributed by atoms with Crippen molar-refractivity contribution in [3.8, 4) is 11.5 Å². The Morgan fingerprint density at radius 1 is 1.37 bits per heavy atom. The maximum atomic E-state index is 6.02. The highest BCUT2D eigenvalue weighted by Gasteiger charge is 2.20. The Morgan fingerprint density at radius 3 is 3.00 bits per heavy atom. The number of hydrogen-bond acceptors (Lipinski definition) is 4. The summed E-state index contributed by atoms with van der Waals surface area (Å²) in [5.74, 6) is 1.31. The van der Waals surface area contributed by atoms with Crippen LogP contribution < -0.4 is 5.32 Å². The van der Waals surface area contributed by atoms with Crippen LogP contribution in [0.25, 0.3) is 11.5 Å². The molecule has 0 saturated carbocycles. The third-order valence-electron chi connectivity index (χ3n) is 3.47. The first-order valence-electron chi connectivity index (χ1n) is 6.57. The molecule has 2 aromatic rings. The number of rotatable bonds is 2. The van der Waals surface area contributed by atoms with Crippen LogP contribution >= 0.6 is 11.6 Å². The Balaban J connectivity index is 1.85. The zero-order chi connectivity index (χ0) is 13.2. The van der Waals surface area contributed by atoms with Gasteiger partial charge in [-0.1, -0.05) is 23.2 Å².